The fourth-order valence-electron chi connectivity index (χ4n) is 1.79. The predicted octanol–water partition coefficient (Wildman–Crippen LogP) is 3.44. The molecule has 0 aliphatic rings. The van der Waals surface area contributed by atoms with E-state index >= 15 is 0 Å². The smallest absolute Gasteiger partial charge is 0.308 e. The van der Waals surface area contributed by atoms with Crippen molar-refractivity contribution in [3.63, 3.8) is 0 Å². The second kappa shape index (κ2) is 6.51. The van der Waals surface area contributed by atoms with Gasteiger partial charge in [-0.05, 0) is 48.5 Å². The number of anilines is 2. The summed E-state index contributed by atoms with van der Waals surface area (Å²) in [5.74, 6) is 0.699. The van der Waals surface area contributed by atoms with E-state index in [2.05, 4.69) is 5.29 Å². The molecule has 2 aromatic carbocycles. The summed E-state index contributed by atoms with van der Waals surface area (Å²) in [6.07, 6.45) is 0. The third kappa shape index (κ3) is 3.56. The van der Waals surface area contributed by atoms with Crippen LogP contribution in [0.1, 0.15) is 6.92 Å². The third-order valence-electron chi connectivity index (χ3n) is 2.74. The summed E-state index contributed by atoms with van der Waals surface area (Å²) in [4.78, 5) is 21.9. The Hall–Kier alpha value is -2.89. The van der Waals surface area contributed by atoms with Gasteiger partial charge < -0.3 is 9.47 Å². The predicted molar refractivity (Wildman–Crippen MR) is 78.7 cm³/mol. The summed E-state index contributed by atoms with van der Waals surface area (Å²) in [6, 6.07) is 13.4. The summed E-state index contributed by atoms with van der Waals surface area (Å²) < 4.78 is 10.0. The lowest BCUT2D eigenvalue weighted by molar-refractivity contribution is -0.131. The summed E-state index contributed by atoms with van der Waals surface area (Å²) in [6.45, 7) is 1.32. The normalized spacial score (nSPS) is 9.81. The average Bonchev–Trinajstić information content (AvgIpc) is 2.50. The molecule has 0 bridgehead atoms. The van der Waals surface area contributed by atoms with Gasteiger partial charge in [0.25, 0.3) is 0 Å². The molecular formula is C15H14N2O4. The summed E-state index contributed by atoms with van der Waals surface area (Å²) in [5, 5.41) is 4.24. The molecule has 0 aromatic heterocycles. The maximum absolute atomic E-state index is 11.1. The van der Waals surface area contributed by atoms with Crippen LogP contribution in [0.15, 0.2) is 53.8 Å². The summed E-state index contributed by atoms with van der Waals surface area (Å²) >= 11 is 0. The van der Waals surface area contributed by atoms with E-state index < -0.39 is 5.97 Å². The van der Waals surface area contributed by atoms with Gasteiger partial charge in [-0.2, -0.15) is 5.01 Å². The van der Waals surface area contributed by atoms with Crippen molar-refractivity contribution in [1.29, 1.82) is 0 Å². The van der Waals surface area contributed by atoms with Crippen LogP contribution in [0.25, 0.3) is 0 Å². The first-order chi connectivity index (χ1) is 10.1. The third-order valence-corrected chi connectivity index (χ3v) is 2.74. The number of methoxy groups -OCH3 is 1. The van der Waals surface area contributed by atoms with E-state index in [1.165, 1.54) is 11.9 Å². The molecule has 0 fully saturated rings. The highest BCUT2D eigenvalue weighted by Crippen LogP contribution is 2.28. The van der Waals surface area contributed by atoms with Gasteiger partial charge in [0.2, 0.25) is 0 Å². The van der Waals surface area contributed by atoms with Crippen molar-refractivity contribution in [2.75, 3.05) is 12.1 Å². The van der Waals surface area contributed by atoms with Gasteiger partial charge in [0.05, 0.1) is 23.8 Å². The number of esters is 1. The van der Waals surface area contributed by atoms with Crippen molar-refractivity contribution < 1.29 is 14.3 Å². The van der Waals surface area contributed by atoms with Gasteiger partial charge in [-0.1, -0.05) is 0 Å². The zero-order valence-corrected chi connectivity index (χ0v) is 11.6. The lowest BCUT2D eigenvalue weighted by atomic mass is 10.2. The number of nitrogens with zero attached hydrogens (tertiary/aromatic N) is 2. The van der Waals surface area contributed by atoms with E-state index in [0.29, 0.717) is 22.9 Å². The first-order valence-electron chi connectivity index (χ1n) is 6.20. The first-order valence-corrected chi connectivity index (χ1v) is 6.20. The van der Waals surface area contributed by atoms with Crippen LogP contribution in [-0.2, 0) is 4.79 Å². The molecule has 0 heterocycles. The van der Waals surface area contributed by atoms with Crippen LogP contribution in [0.3, 0.4) is 0 Å². The quantitative estimate of drug-likeness (QED) is 0.364. The van der Waals surface area contributed by atoms with Gasteiger partial charge in [-0.25, -0.2) is 0 Å². The molecule has 0 saturated heterocycles. The molecule has 108 valence electrons. The standard InChI is InChI=1S/C15H14N2O4/c1-11(18)21-15-9-5-13(6-10-15)17(16-19)12-3-7-14(20-2)8-4-12/h3-10H,1-2H3. The lowest BCUT2D eigenvalue weighted by Crippen LogP contribution is -2.07. The van der Waals surface area contributed by atoms with Gasteiger partial charge in [0.15, 0.2) is 0 Å². The van der Waals surface area contributed by atoms with E-state index in [4.69, 9.17) is 9.47 Å². The van der Waals surface area contributed by atoms with Crippen LogP contribution >= 0.6 is 0 Å². The minimum absolute atomic E-state index is 0.400. The number of benzene rings is 2. The molecule has 0 N–H and O–H groups in total. The number of nitroso groups, excluding NO2 is 1. The second-order valence-corrected chi connectivity index (χ2v) is 4.18. The fourth-order valence-corrected chi connectivity index (χ4v) is 1.79. The van der Waals surface area contributed by atoms with E-state index in [9.17, 15) is 9.70 Å². The highest BCUT2D eigenvalue weighted by Gasteiger charge is 2.10. The number of carbonyl (C=O) groups is 1. The fraction of sp³-hybridized carbons (Fsp3) is 0.133. The lowest BCUT2D eigenvalue weighted by Gasteiger charge is -2.16. The maximum atomic E-state index is 11.1. The van der Waals surface area contributed by atoms with Gasteiger partial charge in [-0.15, -0.1) is 4.91 Å². The SMILES string of the molecule is COc1ccc(N(N=O)c2ccc(OC(C)=O)cc2)cc1. The molecule has 0 unspecified atom stereocenters. The molecule has 6 nitrogen and oxygen atoms in total. The second-order valence-electron chi connectivity index (χ2n) is 4.18. The first kappa shape index (κ1) is 14.5. The molecule has 2 rings (SSSR count). The van der Waals surface area contributed by atoms with Crippen molar-refractivity contribution in [2.45, 2.75) is 6.92 Å². The molecular weight excluding hydrogens is 272 g/mol. The van der Waals surface area contributed by atoms with Crippen LogP contribution in [0.5, 0.6) is 11.5 Å². The molecule has 0 atom stereocenters. The van der Waals surface area contributed by atoms with E-state index in [0.717, 1.165) is 0 Å². The molecule has 0 aliphatic heterocycles. The Kier molecular flexibility index (Phi) is 4.50. The van der Waals surface area contributed by atoms with E-state index in [1.807, 2.05) is 0 Å². The Balaban J connectivity index is 2.23. The zero-order valence-electron chi connectivity index (χ0n) is 11.6. The van der Waals surface area contributed by atoms with E-state index in [1.54, 1.807) is 55.6 Å². The Morgan fingerprint density at radius 2 is 1.43 bits per heavy atom. The van der Waals surface area contributed by atoms with Crippen molar-refractivity contribution in [3.8, 4) is 11.5 Å². The maximum Gasteiger partial charge on any atom is 0.308 e. The van der Waals surface area contributed by atoms with Crippen LogP contribution in [0, 0.1) is 4.91 Å². The van der Waals surface area contributed by atoms with Crippen LogP contribution in [0.2, 0.25) is 0 Å². The highest BCUT2D eigenvalue weighted by atomic mass is 16.5. The minimum Gasteiger partial charge on any atom is -0.497 e. The molecule has 2 aromatic rings. The molecule has 6 heteroatoms. The number of rotatable bonds is 5. The molecule has 0 saturated carbocycles. The van der Waals surface area contributed by atoms with Crippen molar-refractivity contribution in [2.24, 2.45) is 5.29 Å². The number of hydrogen-bond acceptors (Lipinski definition) is 5. The summed E-state index contributed by atoms with van der Waals surface area (Å²) in [5.41, 5.74) is 1.16. The Morgan fingerprint density at radius 1 is 0.952 bits per heavy atom. The van der Waals surface area contributed by atoms with Gasteiger partial charge in [0.1, 0.15) is 11.5 Å². The molecule has 0 aliphatic carbocycles. The number of ether oxygens (including phenoxy) is 2. The Morgan fingerprint density at radius 3 is 1.81 bits per heavy atom. The zero-order chi connectivity index (χ0) is 15.2. The number of hydrogen-bond donors (Lipinski definition) is 0. The van der Waals surface area contributed by atoms with Crippen LogP contribution in [0.4, 0.5) is 11.4 Å². The molecule has 21 heavy (non-hydrogen) atoms. The van der Waals surface area contributed by atoms with Crippen LogP contribution < -0.4 is 14.5 Å². The Bertz CT molecular complexity index is 623. The average molecular weight is 286 g/mol. The minimum atomic E-state index is -0.400. The largest absolute Gasteiger partial charge is 0.497 e. The topological polar surface area (TPSA) is 68.2 Å². The van der Waals surface area contributed by atoms with Gasteiger partial charge in [-0.3, -0.25) is 4.79 Å². The summed E-state index contributed by atoms with van der Waals surface area (Å²) in [7, 11) is 1.57. The van der Waals surface area contributed by atoms with Crippen molar-refractivity contribution in [3.05, 3.63) is 53.4 Å². The van der Waals surface area contributed by atoms with Crippen LogP contribution in [-0.4, -0.2) is 13.1 Å². The molecule has 0 amide bonds. The van der Waals surface area contributed by atoms with Crippen molar-refractivity contribution >= 4 is 17.3 Å². The van der Waals surface area contributed by atoms with Gasteiger partial charge in [0, 0.05) is 6.92 Å². The van der Waals surface area contributed by atoms with Crippen molar-refractivity contribution in [1.82, 2.24) is 0 Å². The number of carbonyl (C=O) groups excluding carboxylic acids is 1. The van der Waals surface area contributed by atoms with Gasteiger partial charge >= 0.3 is 5.97 Å². The monoisotopic (exact) mass is 286 g/mol. The molecule has 0 spiro atoms. The highest BCUT2D eigenvalue weighted by molar-refractivity contribution is 5.70. The Labute approximate surface area is 121 Å². The molecule has 0 radical (unpaired) electrons. The van der Waals surface area contributed by atoms with E-state index in [-0.39, 0.29) is 0 Å².